The third-order valence-electron chi connectivity index (χ3n) is 4.34. The van der Waals surface area contributed by atoms with Gasteiger partial charge >= 0.3 is 5.97 Å². The van der Waals surface area contributed by atoms with Crippen molar-refractivity contribution < 1.29 is 14.6 Å². The summed E-state index contributed by atoms with van der Waals surface area (Å²) in [6, 6.07) is 22.2. The fourth-order valence-electron chi connectivity index (χ4n) is 2.84. The molecule has 0 spiro atoms. The van der Waals surface area contributed by atoms with Crippen LogP contribution in [-0.2, 0) is 4.79 Å². The topological polar surface area (TPSA) is 84.3 Å². The number of carbonyl (C=O) groups is 1. The molecule has 0 saturated heterocycles. The number of hydrogen-bond acceptors (Lipinski definition) is 5. The molecule has 0 atom stereocenters. The van der Waals surface area contributed by atoms with E-state index in [9.17, 15) is 9.90 Å². The van der Waals surface area contributed by atoms with Gasteiger partial charge in [-0.2, -0.15) is 0 Å². The Kier molecular flexibility index (Phi) is 4.90. The number of aromatic nitrogens is 2. The molecule has 0 aliphatic carbocycles. The molecule has 0 saturated carbocycles. The smallest absolute Gasteiger partial charge is 0.335 e. The standard InChI is InChI=1S/C23H17N3O3/c1-15(23(27)28)16-7-12-21-20(13-16)22(25-14-24-21)26-17-8-10-19(11-9-17)29-18-5-3-2-4-6-18/h2-14H,1H2,(H,27,28)(H,24,25,26). The fraction of sp³-hybridized carbons (Fsp3) is 0. The summed E-state index contributed by atoms with van der Waals surface area (Å²) in [5, 5.41) is 13.1. The van der Waals surface area contributed by atoms with E-state index in [2.05, 4.69) is 21.9 Å². The number of hydrogen-bond donors (Lipinski definition) is 2. The lowest BCUT2D eigenvalue weighted by Gasteiger charge is -2.11. The molecule has 1 heterocycles. The molecule has 0 radical (unpaired) electrons. The van der Waals surface area contributed by atoms with Gasteiger partial charge in [0.15, 0.2) is 0 Å². The number of benzene rings is 3. The number of fused-ring (bicyclic) bond motifs is 1. The van der Waals surface area contributed by atoms with Crippen molar-refractivity contribution in [2.75, 3.05) is 5.32 Å². The predicted octanol–water partition coefficient (Wildman–Crippen LogP) is 5.26. The van der Waals surface area contributed by atoms with E-state index in [4.69, 9.17) is 4.74 Å². The van der Waals surface area contributed by atoms with Gasteiger partial charge in [-0.1, -0.05) is 30.8 Å². The Morgan fingerprint density at radius 1 is 0.931 bits per heavy atom. The first-order chi connectivity index (χ1) is 14.1. The second-order valence-corrected chi connectivity index (χ2v) is 6.30. The summed E-state index contributed by atoms with van der Waals surface area (Å²) in [4.78, 5) is 19.8. The van der Waals surface area contributed by atoms with Gasteiger partial charge in [0.1, 0.15) is 23.6 Å². The van der Waals surface area contributed by atoms with E-state index < -0.39 is 5.97 Å². The van der Waals surface area contributed by atoms with Gasteiger partial charge < -0.3 is 15.2 Å². The molecule has 4 aromatic rings. The van der Waals surface area contributed by atoms with E-state index >= 15 is 0 Å². The summed E-state index contributed by atoms with van der Waals surface area (Å²) in [5.74, 6) is 0.993. The number of nitrogens with one attached hydrogen (secondary N) is 1. The minimum atomic E-state index is -1.07. The maximum atomic E-state index is 11.2. The highest BCUT2D eigenvalue weighted by molar-refractivity contribution is 6.15. The normalized spacial score (nSPS) is 10.5. The molecular formula is C23H17N3O3. The number of carboxylic acid groups (broad SMARTS) is 1. The van der Waals surface area contributed by atoms with Crippen molar-refractivity contribution in [3.63, 3.8) is 0 Å². The van der Waals surface area contributed by atoms with Crippen LogP contribution in [0.15, 0.2) is 85.7 Å². The lowest BCUT2D eigenvalue weighted by molar-refractivity contribution is -0.130. The fourth-order valence-corrected chi connectivity index (χ4v) is 2.84. The van der Waals surface area contributed by atoms with E-state index in [0.29, 0.717) is 28.0 Å². The molecule has 142 valence electrons. The number of rotatable bonds is 6. The summed E-state index contributed by atoms with van der Waals surface area (Å²) in [6.07, 6.45) is 1.46. The van der Waals surface area contributed by atoms with E-state index in [1.54, 1.807) is 18.2 Å². The van der Waals surface area contributed by atoms with Crippen LogP contribution in [0.2, 0.25) is 0 Å². The first-order valence-corrected chi connectivity index (χ1v) is 8.87. The molecule has 0 amide bonds. The summed E-state index contributed by atoms with van der Waals surface area (Å²) < 4.78 is 5.80. The molecule has 0 aliphatic rings. The zero-order chi connectivity index (χ0) is 20.2. The molecule has 0 unspecified atom stereocenters. The summed E-state index contributed by atoms with van der Waals surface area (Å²) in [7, 11) is 0. The molecule has 6 heteroatoms. The van der Waals surface area contributed by atoms with Gasteiger partial charge in [0.05, 0.1) is 11.1 Å². The first kappa shape index (κ1) is 18.2. The van der Waals surface area contributed by atoms with E-state index in [-0.39, 0.29) is 5.57 Å². The van der Waals surface area contributed by atoms with Crippen LogP contribution in [-0.4, -0.2) is 21.0 Å². The van der Waals surface area contributed by atoms with Crippen molar-refractivity contribution in [1.82, 2.24) is 9.97 Å². The van der Waals surface area contributed by atoms with Crippen LogP contribution in [0.25, 0.3) is 16.5 Å². The molecule has 0 fully saturated rings. The minimum Gasteiger partial charge on any atom is -0.478 e. The number of aliphatic carboxylic acids is 1. The monoisotopic (exact) mass is 383 g/mol. The Labute approximate surface area is 167 Å². The lowest BCUT2D eigenvalue weighted by atomic mass is 10.1. The SMILES string of the molecule is C=C(C(=O)O)c1ccc2ncnc(Nc3ccc(Oc4ccccc4)cc3)c2c1. The summed E-state index contributed by atoms with van der Waals surface area (Å²) in [6.45, 7) is 3.61. The van der Waals surface area contributed by atoms with Crippen molar-refractivity contribution in [2.45, 2.75) is 0 Å². The average Bonchev–Trinajstić information content (AvgIpc) is 2.75. The van der Waals surface area contributed by atoms with Gasteiger partial charge in [0, 0.05) is 11.1 Å². The molecule has 3 aromatic carbocycles. The van der Waals surface area contributed by atoms with Crippen LogP contribution < -0.4 is 10.1 Å². The van der Waals surface area contributed by atoms with E-state index in [1.165, 1.54) is 6.33 Å². The molecule has 0 aliphatic heterocycles. The van der Waals surface area contributed by atoms with Gasteiger partial charge in [-0.05, 0) is 54.1 Å². The molecular weight excluding hydrogens is 366 g/mol. The maximum Gasteiger partial charge on any atom is 0.335 e. The molecule has 2 N–H and O–H groups in total. The Bertz CT molecular complexity index is 1190. The van der Waals surface area contributed by atoms with Crippen LogP contribution in [0.4, 0.5) is 11.5 Å². The highest BCUT2D eigenvalue weighted by Crippen LogP contribution is 2.28. The van der Waals surface area contributed by atoms with Gasteiger partial charge in [0.2, 0.25) is 0 Å². The third-order valence-corrected chi connectivity index (χ3v) is 4.34. The zero-order valence-electron chi connectivity index (χ0n) is 15.4. The van der Waals surface area contributed by atoms with Gasteiger partial charge in [-0.15, -0.1) is 0 Å². The molecule has 1 aromatic heterocycles. The molecule has 6 nitrogen and oxygen atoms in total. The van der Waals surface area contributed by atoms with Crippen LogP contribution in [0.5, 0.6) is 11.5 Å². The van der Waals surface area contributed by atoms with Crippen LogP contribution in [0, 0.1) is 0 Å². The number of ether oxygens (including phenoxy) is 1. The second-order valence-electron chi connectivity index (χ2n) is 6.30. The first-order valence-electron chi connectivity index (χ1n) is 8.87. The summed E-state index contributed by atoms with van der Waals surface area (Å²) in [5.41, 5.74) is 2.04. The van der Waals surface area contributed by atoms with E-state index in [0.717, 1.165) is 11.4 Å². The Morgan fingerprint density at radius 3 is 2.38 bits per heavy atom. The molecule has 29 heavy (non-hydrogen) atoms. The Balaban J connectivity index is 1.59. The van der Waals surface area contributed by atoms with Crippen LogP contribution in [0.1, 0.15) is 5.56 Å². The second kappa shape index (κ2) is 7.82. The quantitative estimate of drug-likeness (QED) is 0.442. The third kappa shape index (κ3) is 4.06. The van der Waals surface area contributed by atoms with Crippen LogP contribution >= 0.6 is 0 Å². The number of anilines is 2. The Hall–Kier alpha value is -4.19. The predicted molar refractivity (Wildman–Crippen MR) is 112 cm³/mol. The zero-order valence-corrected chi connectivity index (χ0v) is 15.4. The van der Waals surface area contributed by atoms with Gasteiger partial charge in [-0.3, -0.25) is 0 Å². The number of nitrogens with zero attached hydrogens (tertiary/aromatic N) is 2. The number of carboxylic acids is 1. The van der Waals surface area contributed by atoms with E-state index in [1.807, 2.05) is 54.6 Å². The highest BCUT2D eigenvalue weighted by atomic mass is 16.5. The average molecular weight is 383 g/mol. The maximum absolute atomic E-state index is 11.2. The van der Waals surface area contributed by atoms with Gasteiger partial charge in [-0.25, -0.2) is 14.8 Å². The minimum absolute atomic E-state index is 0.0177. The largest absolute Gasteiger partial charge is 0.478 e. The van der Waals surface area contributed by atoms with Crippen LogP contribution in [0.3, 0.4) is 0 Å². The highest BCUT2D eigenvalue weighted by Gasteiger charge is 2.11. The Morgan fingerprint density at radius 2 is 1.66 bits per heavy atom. The lowest BCUT2D eigenvalue weighted by Crippen LogP contribution is -2.00. The van der Waals surface area contributed by atoms with Crippen molar-refractivity contribution in [2.24, 2.45) is 0 Å². The van der Waals surface area contributed by atoms with Gasteiger partial charge in [0.25, 0.3) is 0 Å². The van der Waals surface area contributed by atoms with Crippen molar-refractivity contribution >= 4 is 34.0 Å². The molecule has 4 rings (SSSR count). The summed E-state index contributed by atoms with van der Waals surface area (Å²) >= 11 is 0. The van der Waals surface area contributed by atoms with Crippen molar-refractivity contribution in [1.29, 1.82) is 0 Å². The molecule has 0 bridgehead atoms. The number of para-hydroxylation sites is 1. The van der Waals surface area contributed by atoms with Crippen molar-refractivity contribution in [3.8, 4) is 11.5 Å². The van der Waals surface area contributed by atoms with Crippen molar-refractivity contribution in [3.05, 3.63) is 91.3 Å².